The minimum absolute atomic E-state index is 0. The third kappa shape index (κ3) is 6.56. The van der Waals surface area contributed by atoms with Crippen LogP contribution in [0.5, 0.6) is 0 Å². The summed E-state index contributed by atoms with van der Waals surface area (Å²) in [4.78, 5) is 13.5. The molecule has 30 heavy (non-hydrogen) atoms. The highest BCUT2D eigenvalue weighted by Crippen LogP contribution is 2.23. The minimum Gasteiger partial charge on any atom is -0.396 e. The Labute approximate surface area is 196 Å². The summed E-state index contributed by atoms with van der Waals surface area (Å²) >= 11 is 0. The molecule has 3 rings (SSSR count). The minimum atomic E-state index is 0. The fraction of sp³-hybridized carbons (Fsp3) is 0.571. The summed E-state index contributed by atoms with van der Waals surface area (Å²) < 4.78 is 1.78. The van der Waals surface area contributed by atoms with Gasteiger partial charge in [-0.3, -0.25) is 4.68 Å². The number of nitrogens with one attached hydrogen (secondary N) is 1. The van der Waals surface area contributed by atoms with Gasteiger partial charge in [-0.05, 0) is 43.4 Å². The van der Waals surface area contributed by atoms with Crippen LogP contribution < -0.4 is 10.2 Å². The lowest BCUT2D eigenvalue weighted by molar-refractivity contribution is 0.203. The van der Waals surface area contributed by atoms with Crippen LogP contribution >= 0.6 is 24.0 Å². The number of guanidine groups is 1. The maximum Gasteiger partial charge on any atom is 0.194 e. The number of halogens is 1. The van der Waals surface area contributed by atoms with Crippen LogP contribution in [0.3, 0.4) is 0 Å². The molecule has 0 spiro atoms. The summed E-state index contributed by atoms with van der Waals surface area (Å²) in [5, 5.41) is 16.8. The molecule has 1 aliphatic heterocycles. The van der Waals surface area contributed by atoms with Crippen LogP contribution in [0, 0.1) is 5.92 Å². The van der Waals surface area contributed by atoms with Crippen molar-refractivity contribution < 1.29 is 5.11 Å². The zero-order chi connectivity index (χ0) is 20.6. The van der Waals surface area contributed by atoms with Gasteiger partial charge in [-0.15, -0.1) is 24.0 Å². The Hall–Kier alpha value is -1.88. The fourth-order valence-electron chi connectivity index (χ4n) is 3.57. The Kier molecular flexibility index (Phi) is 9.83. The van der Waals surface area contributed by atoms with Gasteiger partial charge in [0.05, 0.1) is 13.1 Å². The number of aliphatic hydroxyl groups is 1. The topological polar surface area (TPSA) is 81.8 Å². The van der Waals surface area contributed by atoms with Gasteiger partial charge in [0.25, 0.3) is 0 Å². The first-order valence-corrected chi connectivity index (χ1v) is 10.4. The standard InChI is InChI=1S/C21H33N7O.HI/c1-4-22-21(26(2)14-20-24-16-25-27(20)3)23-13-17-5-7-19(8-6-17)28-11-9-18(15-29)10-12-28;/h5-8,16,18,29H,4,9-15H2,1-3H3,(H,22,23);1H. The Morgan fingerprint density at radius 1 is 1.27 bits per heavy atom. The summed E-state index contributed by atoms with van der Waals surface area (Å²) in [6.45, 7) is 6.48. The van der Waals surface area contributed by atoms with Crippen molar-refractivity contribution in [2.75, 3.05) is 38.2 Å². The number of rotatable bonds is 7. The molecule has 1 saturated heterocycles. The molecule has 0 aliphatic carbocycles. The molecule has 2 N–H and O–H groups in total. The normalized spacial score (nSPS) is 15.1. The molecule has 0 bridgehead atoms. The van der Waals surface area contributed by atoms with Crippen LogP contribution in [0.25, 0.3) is 0 Å². The van der Waals surface area contributed by atoms with Crippen LogP contribution in [0.1, 0.15) is 31.2 Å². The molecule has 1 aromatic carbocycles. The van der Waals surface area contributed by atoms with E-state index in [4.69, 9.17) is 4.99 Å². The summed E-state index contributed by atoms with van der Waals surface area (Å²) in [6, 6.07) is 8.67. The molecule has 0 unspecified atom stereocenters. The van der Waals surface area contributed by atoms with Crippen molar-refractivity contribution >= 4 is 35.6 Å². The number of piperidine rings is 1. The van der Waals surface area contributed by atoms with E-state index in [1.807, 2.05) is 14.1 Å². The lowest BCUT2D eigenvalue weighted by Gasteiger charge is -2.32. The first-order chi connectivity index (χ1) is 14.1. The largest absolute Gasteiger partial charge is 0.396 e. The van der Waals surface area contributed by atoms with E-state index in [1.54, 1.807) is 11.0 Å². The van der Waals surface area contributed by atoms with Crippen molar-refractivity contribution in [1.82, 2.24) is 25.0 Å². The van der Waals surface area contributed by atoms with Gasteiger partial charge in [0.1, 0.15) is 12.2 Å². The summed E-state index contributed by atoms with van der Waals surface area (Å²) in [5.74, 6) is 2.21. The van der Waals surface area contributed by atoms with E-state index in [0.717, 1.165) is 44.3 Å². The second-order valence-corrected chi connectivity index (χ2v) is 7.61. The van der Waals surface area contributed by atoms with E-state index in [-0.39, 0.29) is 24.0 Å². The Balaban J connectivity index is 0.00000320. The maximum atomic E-state index is 9.30. The van der Waals surface area contributed by atoms with Crippen LogP contribution in [-0.4, -0.2) is 64.0 Å². The summed E-state index contributed by atoms with van der Waals surface area (Å²) in [7, 11) is 3.91. The SMILES string of the molecule is CCNC(=NCc1ccc(N2CCC(CO)CC2)cc1)N(C)Cc1ncnn1C.I. The maximum absolute atomic E-state index is 9.30. The van der Waals surface area contributed by atoms with Gasteiger partial charge < -0.3 is 20.2 Å². The molecule has 8 nitrogen and oxygen atoms in total. The lowest BCUT2D eigenvalue weighted by Crippen LogP contribution is -2.39. The Morgan fingerprint density at radius 3 is 2.53 bits per heavy atom. The van der Waals surface area contributed by atoms with Gasteiger partial charge in [-0.2, -0.15) is 5.10 Å². The first kappa shape index (κ1) is 24.4. The summed E-state index contributed by atoms with van der Waals surface area (Å²) in [6.07, 6.45) is 3.69. The number of aryl methyl sites for hydroxylation is 1. The third-order valence-electron chi connectivity index (χ3n) is 5.47. The highest BCUT2D eigenvalue weighted by molar-refractivity contribution is 14.0. The zero-order valence-corrected chi connectivity index (χ0v) is 20.5. The average molecular weight is 527 g/mol. The zero-order valence-electron chi connectivity index (χ0n) is 18.2. The van der Waals surface area contributed by atoms with Crippen molar-refractivity contribution in [2.24, 2.45) is 18.0 Å². The summed E-state index contributed by atoms with van der Waals surface area (Å²) in [5.41, 5.74) is 2.43. The number of aliphatic imine (C=N–C) groups is 1. The fourth-order valence-corrected chi connectivity index (χ4v) is 3.57. The van der Waals surface area contributed by atoms with Gasteiger partial charge in [0, 0.05) is 46.0 Å². The number of hydrogen-bond acceptors (Lipinski definition) is 5. The van der Waals surface area contributed by atoms with E-state index in [0.29, 0.717) is 25.6 Å². The number of aliphatic hydroxyl groups excluding tert-OH is 1. The third-order valence-corrected chi connectivity index (χ3v) is 5.47. The van der Waals surface area contributed by atoms with Crippen molar-refractivity contribution in [1.29, 1.82) is 0 Å². The Bertz CT molecular complexity index is 785. The number of hydrogen-bond donors (Lipinski definition) is 2. The van der Waals surface area contributed by atoms with Gasteiger partial charge >= 0.3 is 0 Å². The van der Waals surface area contributed by atoms with Crippen LogP contribution in [0.2, 0.25) is 0 Å². The highest BCUT2D eigenvalue weighted by atomic mass is 127. The number of aromatic nitrogens is 3. The number of nitrogens with zero attached hydrogens (tertiary/aromatic N) is 6. The van der Waals surface area contributed by atoms with Gasteiger partial charge in [0.2, 0.25) is 0 Å². The molecular weight excluding hydrogens is 493 g/mol. The second kappa shape index (κ2) is 12.1. The molecule has 1 aliphatic rings. The van der Waals surface area contributed by atoms with Crippen molar-refractivity contribution in [2.45, 2.75) is 32.9 Å². The van der Waals surface area contributed by atoms with Gasteiger partial charge in [-0.1, -0.05) is 12.1 Å². The molecule has 166 valence electrons. The average Bonchev–Trinajstić information content (AvgIpc) is 3.16. The van der Waals surface area contributed by atoms with Crippen molar-refractivity contribution in [3.05, 3.63) is 42.0 Å². The van der Waals surface area contributed by atoms with Gasteiger partial charge in [0.15, 0.2) is 5.96 Å². The highest BCUT2D eigenvalue weighted by Gasteiger charge is 2.18. The van der Waals surface area contributed by atoms with Crippen molar-refractivity contribution in [3.63, 3.8) is 0 Å². The van der Waals surface area contributed by atoms with Crippen molar-refractivity contribution in [3.8, 4) is 0 Å². The van der Waals surface area contributed by atoms with E-state index < -0.39 is 0 Å². The molecule has 1 fully saturated rings. The van der Waals surface area contributed by atoms with E-state index in [2.05, 4.69) is 56.4 Å². The molecule has 2 aromatic rings. The first-order valence-electron chi connectivity index (χ1n) is 10.4. The molecule has 0 saturated carbocycles. The predicted octanol–water partition coefficient (Wildman–Crippen LogP) is 2.24. The predicted molar refractivity (Wildman–Crippen MR) is 131 cm³/mol. The molecule has 0 amide bonds. The lowest BCUT2D eigenvalue weighted by atomic mass is 9.97. The molecule has 0 atom stereocenters. The van der Waals surface area contributed by atoms with Crippen LogP contribution in [0.4, 0.5) is 5.69 Å². The molecular formula is C21H34IN7O. The van der Waals surface area contributed by atoms with Crippen LogP contribution in [-0.2, 0) is 20.1 Å². The van der Waals surface area contributed by atoms with Crippen LogP contribution in [0.15, 0.2) is 35.6 Å². The van der Waals surface area contributed by atoms with E-state index in [9.17, 15) is 5.11 Å². The molecule has 1 aromatic heterocycles. The molecule has 2 heterocycles. The number of benzene rings is 1. The van der Waals surface area contributed by atoms with E-state index >= 15 is 0 Å². The van der Waals surface area contributed by atoms with Gasteiger partial charge in [-0.25, -0.2) is 9.98 Å². The molecule has 9 heteroatoms. The Morgan fingerprint density at radius 2 is 1.97 bits per heavy atom. The monoisotopic (exact) mass is 527 g/mol. The second-order valence-electron chi connectivity index (χ2n) is 7.61. The van der Waals surface area contributed by atoms with E-state index in [1.165, 1.54) is 11.3 Å². The number of anilines is 1. The quantitative estimate of drug-likeness (QED) is 0.327. The smallest absolute Gasteiger partial charge is 0.194 e. The molecule has 0 radical (unpaired) electrons.